The smallest absolute Gasteiger partial charge is 0.273 e. The number of thiophene rings is 1. The van der Waals surface area contributed by atoms with Gasteiger partial charge in [0.05, 0.1) is 0 Å². The Balaban J connectivity index is 2.04. The first-order valence-corrected chi connectivity index (χ1v) is 8.61. The van der Waals surface area contributed by atoms with Gasteiger partial charge in [0, 0.05) is 16.7 Å². The van der Waals surface area contributed by atoms with Gasteiger partial charge in [-0.05, 0) is 25.5 Å². The van der Waals surface area contributed by atoms with Crippen molar-refractivity contribution in [2.75, 3.05) is 0 Å². The van der Waals surface area contributed by atoms with Gasteiger partial charge in [0.25, 0.3) is 10.0 Å². The van der Waals surface area contributed by atoms with Crippen LogP contribution in [0.4, 0.5) is 0 Å². The Morgan fingerprint density at radius 1 is 1.47 bits per heavy atom. The third-order valence-corrected chi connectivity index (χ3v) is 7.20. The first-order chi connectivity index (χ1) is 8.56. The highest BCUT2D eigenvalue weighted by molar-refractivity contribution is 7.92. The van der Waals surface area contributed by atoms with Crippen LogP contribution in [0.25, 0.3) is 0 Å². The minimum Gasteiger partial charge on any atom is -0.274 e. The molecule has 0 spiro atoms. The van der Waals surface area contributed by atoms with E-state index in [0.717, 1.165) is 16.2 Å². The Labute approximate surface area is 126 Å². The lowest BCUT2D eigenvalue weighted by molar-refractivity contribution is -0.120. The van der Waals surface area contributed by atoms with E-state index in [1.54, 1.807) is 19.9 Å². The van der Waals surface area contributed by atoms with Crippen molar-refractivity contribution in [2.45, 2.75) is 35.2 Å². The lowest BCUT2D eigenvalue weighted by Gasteiger charge is -2.11. The number of nitrogens with one attached hydrogen (secondary N) is 1. The average molecular weight is 342 g/mol. The van der Waals surface area contributed by atoms with Gasteiger partial charge in [-0.3, -0.25) is 4.79 Å². The van der Waals surface area contributed by atoms with Crippen molar-refractivity contribution >= 4 is 50.5 Å². The van der Waals surface area contributed by atoms with Crippen LogP contribution in [0, 0.1) is 12.3 Å². The molecule has 1 amide bonds. The van der Waals surface area contributed by atoms with Crippen LogP contribution in [-0.4, -0.2) is 18.7 Å². The molecule has 8 heteroatoms. The molecule has 1 aliphatic rings. The van der Waals surface area contributed by atoms with Gasteiger partial charge in [0.2, 0.25) is 5.91 Å². The van der Waals surface area contributed by atoms with Gasteiger partial charge in [-0.1, -0.05) is 6.92 Å². The molecule has 1 aliphatic carbocycles. The van der Waals surface area contributed by atoms with Crippen LogP contribution in [0.15, 0.2) is 16.3 Å². The molecule has 1 aromatic rings. The summed E-state index contributed by atoms with van der Waals surface area (Å²) in [6, 6.07) is 3.16. The Kier molecular flexibility index (Phi) is 3.67. The molecule has 0 aliphatic heterocycles. The molecule has 19 heavy (non-hydrogen) atoms. The van der Waals surface area contributed by atoms with Gasteiger partial charge in [-0.15, -0.1) is 34.5 Å². The summed E-state index contributed by atoms with van der Waals surface area (Å²) in [5.41, 5.74) is -0.554. The average Bonchev–Trinajstić information content (AvgIpc) is 2.59. The highest BCUT2D eigenvalue weighted by Gasteiger charge is 2.63. The zero-order chi connectivity index (χ0) is 14.5. The SMILES string of the molecule is Cc1ccc(S(=O)(=O)NC(=O)CC2(C)CC2(Cl)Cl)s1. The van der Waals surface area contributed by atoms with Crippen LogP contribution < -0.4 is 4.72 Å². The monoisotopic (exact) mass is 341 g/mol. The number of carbonyl (C=O) groups excluding carboxylic acids is 1. The molecular formula is C11H13Cl2NO3S2. The number of sulfonamides is 1. The van der Waals surface area contributed by atoms with Crippen LogP contribution in [-0.2, 0) is 14.8 Å². The first-order valence-electron chi connectivity index (χ1n) is 5.56. The molecule has 1 N–H and O–H groups in total. The maximum Gasteiger partial charge on any atom is 0.273 e. The zero-order valence-electron chi connectivity index (χ0n) is 10.4. The van der Waals surface area contributed by atoms with Crippen LogP contribution in [0.5, 0.6) is 0 Å². The molecule has 0 aromatic carbocycles. The Morgan fingerprint density at radius 2 is 2.05 bits per heavy atom. The van der Waals surface area contributed by atoms with Crippen LogP contribution >= 0.6 is 34.5 Å². The lowest BCUT2D eigenvalue weighted by atomic mass is 10.1. The Bertz CT molecular complexity index is 624. The van der Waals surface area contributed by atoms with Crippen molar-refractivity contribution < 1.29 is 13.2 Å². The molecule has 1 unspecified atom stereocenters. The summed E-state index contributed by atoms with van der Waals surface area (Å²) in [6.45, 7) is 3.56. The summed E-state index contributed by atoms with van der Waals surface area (Å²) in [4.78, 5) is 12.6. The largest absolute Gasteiger partial charge is 0.274 e. The van der Waals surface area contributed by atoms with E-state index in [1.165, 1.54) is 6.07 Å². The molecule has 2 rings (SSSR count). The lowest BCUT2D eigenvalue weighted by Crippen LogP contribution is -2.32. The van der Waals surface area contributed by atoms with E-state index in [-0.39, 0.29) is 10.6 Å². The predicted molar refractivity (Wildman–Crippen MR) is 76.2 cm³/mol. The highest BCUT2D eigenvalue weighted by atomic mass is 35.5. The molecule has 0 saturated heterocycles. The van der Waals surface area contributed by atoms with E-state index >= 15 is 0 Å². The van der Waals surface area contributed by atoms with Gasteiger partial charge in [-0.25, -0.2) is 13.1 Å². The minimum absolute atomic E-state index is 0.0103. The van der Waals surface area contributed by atoms with Crippen LogP contribution in [0.2, 0.25) is 0 Å². The molecule has 1 aromatic heterocycles. The Morgan fingerprint density at radius 3 is 2.47 bits per heavy atom. The number of aryl methyl sites for hydroxylation is 1. The molecular weight excluding hydrogens is 329 g/mol. The molecule has 106 valence electrons. The minimum atomic E-state index is -3.79. The summed E-state index contributed by atoms with van der Waals surface area (Å²) in [5, 5.41) is 0. The fraction of sp³-hybridized carbons (Fsp3) is 0.545. The fourth-order valence-electron chi connectivity index (χ4n) is 1.78. The summed E-state index contributed by atoms with van der Waals surface area (Å²) in [6.07, 6.45) is 0.471. The number of hydrogen-bond acceptors (Lipinski definition) is 4. The quantitative estimate of drug-likeness (QED) is 0.856. The van der Waals surface area contributed by atoms with Crippen LogP contribution in [0.3, 0.4) is 0 Å². The number of carbonyl (C=O) groups is 1. The third kappa shape index (κ3) is 3.07. The van der Waals surface area contributed by atoms with E-state index in [4.69, 9.17) is 23.2 Å². The van der Waals surface area contributed by atoms with Gasteiger partial charge in [-0.2, -0.15) is 0 Å². The van der Waals surface area contributed by atoms with E-state index in [9.17, 15) is 13.2 Å². The highest BCUT2D eigenvalue weighted by Crippen LogP contribution is 2.65. The molecule has 0 bridgehead atoms. The van der Waals surface area contributed by atoms with E-state index in [2.05, 4.69) is 0 Å². The molecule has 0 radical (unpaired) electrons. The van der Waals surface area contributed by atoms with Crippen molar-refractivity contribution in [1.82, 2.24) is 4.72 Å². The van der Waals surface area contributed by atoms with Crippen molar-refractivity contribution in [2.24, 2.45) is 5.41 Å². The van der Waals surface area contributed by atoms with Gasteiger partial charge in [0.1, 0.15) is 8.54 Å². The third-order valence-electron chi connectivity index (χ3n) is 3.15. The standard InChI is InChI=1S/C11H13Cl2NO3S2/c1-7-3-4-9(18-7)19(16,17)14-8(15)5-10(2)6-11(10,12)13/h3-4H,5-6H2,1-2H3,(H,14,15). The normalized spacial score (nSPS) is 25.1. The maximum atomic E-state index is 11.9. The van der Waals surface area contributed by atoms with Crippen molar-refractivity contribution in [3.8, 4) is 0 Å². The summed E-state index contributed by atoms with van der Waals surface area (Å²) in [5.74, 6) is -0.586. The van der Waals surface area contributed by atoms with Crippen molar-refractivity contribution in [1.29, 1.82) is 0 Å². The van der Waals surface area contributed by atoms with Gasteiger partial charge in [0.15, 0.2) is 0 Å². The molecule has 1 saturated carbocycles. The molecule has 1 atom stereocenters. The maximum absolute atomic E-state index is 11.9. The topological polar surface area (TPSA) is 63.2 Å². The van der Waals surface area contributed by atoms with Crippen molar-refractivity contribution in [3.63, 3.8) is 0 Å². The van der Waals surface area contributed by atoms with E-state index < -0.39 is 25.7 Å². The van der Waals surface area contributed by atoms with Crippen molar-refractivity contribution in [3.05, 3.63) is 17.0 Å². The summed E-state index contributed by atoms with van der Waals surface area (Å²) >= 11 is 13.0. The Hall–Kier alpha value is -0.300. The molecule has 1 heterocycles. The number of rotatable bonds is 4. The molecule has 4 nitrogen and oxygen atoms in total. The van der Waals surface area contributed by atoms with E-state index in [0.29, 0.717) is 6.42 Å². The zero-order valence-corrected chi connectivity index (χ0v) is 13.5. The number of alkyl halides is 2. The molecule has 1 fully saturated rings. The van der Waals surface area contributed by atoms with Crippen LogP contribution in [0.1, 0.15) is 24.6 Å². The number of amides is 1. The van der Waals surface area contributed by atoms with Gasteiger partial charge < -0.3 is 0 Å². The van der Waals surface area contributed by atoms with E-state index in [1.807, 2.05) is 4.72 Å². The summed E-state index contributed by atoms with van der Waals surface area (Å²) in [7, 11) is -3.79. The van der Waals surface area contributed by atoms with Gasteiger partial charge >= 0.3 is 0 Å². The second-order valence-electron chi connectivity index (χ2n) is 5.01. The second-order valence-corrected chi connectivity index (χ2v) is 9.69. The fourth-order valence-corrected chi connectivity index (χ4v) is 4.78. The first kappa shape index (κ1) is 15.1. The predicted octanol–water partition coefficient (Wildman–Crippen LogP) is 2.84. The number of hydrogen-bond donors (Lipinski definition) is 1. The summed E-state index contributed by atoms with van der Waals surface area (Å²) < 4.78 is 25.1. The number of halogens is 2. The second kappa shape index (κ2) is 4.62.